The third-order valence-corrected chi connectivity index (χ3v) is 6.10. The number of guanidine groups is 1. The lowest BCUT2D eigenvalue weighted by Gasteiger charge is -2.34. The highest BCUT2D eigenvalue weighted by Crippen LogP contribution is 2.24. The largest absolute Gasteiger partial charge is 0.379 e. The van der Waals surface area contributed by atoms with Crippen LogP contribution in [-0.4, -0.2) is 76.4 Å². The first-order chi connectivity index (χ1) is 12.7. The first-order valence-electron chi connectivity index (χ1n) is 9.80. The number of hydrogen-bond donors (Lipinski definition) is 2. The third-order valence-electron chi connectivity index (χ3n) is 5.17. The Kier molecular flexibility index (Phi) is 7.58. The minimum atomic E-state index is 0.506. The van der Waals surface area contributed by atoms with E-state index in [9.17, 15) is 0 Å². The number of hydrogen-bond acceptors (Lipinski definition) is 5. The van der Waals surface area contributed by atoms with Gasteiger partial charge < -0.3 is 20.3 Å². The maximum absolute atomic E-state index is 5.42. The van der Waals surface area contributed by atoms with E-state index in [-0.39, 0.29) is 0 Å². The first kappa shape index (κ1) is 19.5. The molecule has 7 heteroatoms. The zero-order valence-corrected chi connectivity index (χ0v) is 16.9. The molecule has 1 atom stereocenters. The van der Waals surface area contributed by atoms with Gasteiger partial charge in [0.2, 0.25) is 0 Å². The zero-order valence-electron chi connectivity index (χ0n) is 16.1. The number of anilines is 1. The number of thiophene rings is 1. The van der Waals surface area contributed by atoms with Gasteiger partial charge in [-0.3, -0.25) is 9.89 Å². The van der Waals surface area contributed by atoms with Crippen molar-refractivity contribution in [2.45, 2.75) is 25.8 Å². The summed E-state index contributed by atoms with van der Waals surface area (Å²) in [4.78, 5) is 9.40. The molecule has 146 valence electrons. The highest BCUT2D eigenvalue weighted by molar-refractivity contribution is 7.14. The molecule has 0 bridgehead atoms. The fourth-order valence-corrected chi connectivity index (χ4v) is 4.43. The number of ether oxygens (including phenoxy) is 1. The average Bonchev–Trinajstić information content (AvgIpc) is 3.21. The Labute approximate surface area is 161 Å². The van der Waals surface area contributed by atoms with Crippen molar-refractivity contribution in [3.8, 4) is 0 Å². The van der Waals surface area contributed by atoms with E-state index in [1.165, 1.54) is 5.00 Å². The van der Waals surface area contributed by atoms with Crippen LogP contribution in [0.2, 0.25) is 0 Å². The van der Waals surface area contributed by atoms with Crippen LogP contribution in [0.25, 0.3) is 0 Å². The maximum atomic E-state index is 5.42. The lowest BCUT2D eigenvalue weighted by molar-refractivity contribution is 0.0320. The molecular formula is C19H33N5OS. The van der Waals surface area contributed by atoms with Gasteiger partial charge in [0.25, 0.3) is 0 Å². The molecule has 1 aromatic rings. The second-order valence-electron chi connectivity index (χ2n) is 7.33. The molecule has 0 radical (unpaired) electrons. The Morgan fingerprint density at radius 1 is 1.31 bits per heavy atom. The summed E-state index contributed by atoms with van der Waals surface area (Å²) in [5, 5.41) is 10.7. The van der Waals surface area contributed by atoms with Crippen molar-refractivity contribution in [3.63, 3.8) is 0 Å². The molecule has 2 aliphatic rings. The summed E-state index contributed by atoms with van der Waals surface area (Å²) in [5.74, 6) is 1.53. The highest BCUT2D eigenvalue weighted by Gasteiger charge is 2.21. The Balaban J connectivity index is 1.35. The lowest BCUT2D eigenvalue weighted by atomic mass is 10.1. The summed E-state index contributed by atoms with van der Waals surface area (Å²) >= 11 is 1.83. The standard InChI is InChI=1S/C19H33N5OS/c1-16(15-23-9-11-25-12-10-23)14-21-19(20-2)22-17-5-7-24(8-6-17)18-4-3-13-26-18/h3-4,13,16-17H,5-12,14-15H2,1-2H3,(H2,20,21,22). The molecule has 2 N–H and O–H groups in total. The molecular weight excluding hydrogens is 346 g/mol. The molecule has 2 saturated heterocycles. The van der Waals surface area contributed by atoms with Crippen molar-refractivity contribution < 1.29 is 4.74 Å². The van der Waals surface area contributed by atoms with E-state index in [0.29, 0.717) is 12.0 Å². The molecule has 1 aromatic heterocycles. The van der Waals surface area contributed by atoms with Crippen molar-refractivity contribution in [3.05, 3.63) is 17.5 Å². The van der Waals surface area contributed by atoms with E-state index >= 15 is 0 Å². The van der Waals surface area contributed by atoms with Gasteiger partial charge in [-0.05, 0) is 36.3 Å². The molecule has 2 fully saturated rings. The second kappa shape index (κ2) is 10.1. The van der Waals surface area contributed by atoms with Crippen LogP contribution in [0.15, 0.2) is 22.5 Å². The summed E-state index contributed by atoms with van der Waals surface area (Å²) in [5.41, 5.74) is 0. The monoisotopic (exact) mass is 379 g/mol. The Morgan fingerprint density at radius 3 is 2.73 bits per heavy atom. The van der Waals surface area contributed by atoms with Crippen LogP contribution in [0.1, 0.15) is 19.8 Å². The van der Waals surface area contributed by atoms with Gasteiger partial charge in [-0.25, -0.2) is 0 Å². The summed E-state index contributed by atoms with van der Waals surface area (Å²) in [6, 6.07) is 4.86. The molecule has 3 heterocycles. The van der Waals surface area contributed by atoms with E-state index in [1.807, 2.05) is 18.4 Å². The molecule has 1 unspecified atom stereocenters. The predicted molar refractivity (Wildman–Crippen MR) is 110 cm³/mol. The highest BCUT2D eigenvalue weighted by atomic mass is 32.1. The van der Waals surface area contributed by atoms with Crippen molar-refractivity contribution in [2.75, 3.05) is 64.4 Å². The number of nitrogens with one attached hydrogen (secondary N) is 2. The maximum Gasteiger partial charge on any atom is 0.191 e. The van der Waals surface area contributed by atoms with Gasteiger partial charge in [-0.2, -0.15) is 0 Å². The molecule has 6 nitrogen and oxygen atoms in total. The summed E-state index contributed by atoms with van der Waals surface area (Å²) in [6.07, 6.45) is 2.31. The van der Waals surface area contributed by atoms with Crippen LogP contribution in [0.5, 0.6) is 0 Å². The smallest absolute Gasteiger partial charge is 0.191 e. The van der Waals surface area contributed by atoms with Crippen molar-refractivity contribution in [1.82, 2.24) is 15.5 Å². The van der Waals surface area contributed by atoms with E-state index in [1.54, 1.807) is 0 Å². The fourth-order valence-electron chi connectivity index (χ4n) is 3.64. The van der Waals surface area contributed by atoms with E-state index < -0.39 is 0 Å². The van der Waals surface area contributed by atoms with Gasteiger partial charge in [-0.15, -0.1) is 11.3 Å². The zero-order chi connectivity index (χ0) is 18.2. The summed E-state index contributed by atoms with van der Waals surface area (Å²) in [7, 11) is 1.86. The van der Waals surface area contributed by atoms with Crippen molar-refractivity contribution in [2.24, 2.45) is 10.9 Å². The molecule has 0 aromatic carbocycles. The summed E-state index contributed by atoms with van der Waals surface area (Å²) in [6.45, 7) is 10.4. The van der Waals surface area contributed by atoms with Crippen molar-refractivity contribution in [1.29, 1.82) is 0 Å². The first-order valence-corrected chi connectivity index (χ1v) is 10.7. The predicted octanol–water partition coefficient (Wildman–Crippen LogP) is 1.85. The number of piperidine rings is 1. The topological polar surface area (TPSA) is 52.1 Å². The Hall–Kier alpha value is -1.31. The van der Waals surface area contributed by atoms with Gasteiger partial charge in [0, 0.05) is 52.4 Å². The summed E-state index contributed by atoms with van der Waals surface area (Å²) < 4.78 is 5.42. The van der Waals surface area contributed by atoms with E-state index in [0.717, 1.165) is 71.3 Å². The van der Waals surface area contributed by atoms with E-state index in [4.69, 9.17) is 4.74 Å². The van der Waals surface area contributed by atoms with Gasteiger partial charge in [-0.1, -0.05) is 6.92 Å². The minimum Gasteiger partial charge on any atom is -0.379 e. The minimum absolute atomic E-state index is 0.506. The van der Waals surface area contributed by atoms with Crippen LogP contribution >= 0.6 is 11.3 Å². The normalized spacial score (nSPS) is 21.6. The quantitative estimate of drug-likeness (QED) is 0.584. The van der Waals surface area contributed by atoms with Crippen LogP contribution in [-0.2, 0) is 4.74 Å². The van der Waals surface area contributed by atoms with Crippen molar-refractivity contribution >= 4 is 22.3 Å². The molecule has 0 spiro atoms. The second-order valence-corrected chi connectivity index (χ2v) is 8.25. The Morgan fingerprint density at radius 2 is 2.08 bits per heavy atom. The van der Waals surface area contributed by atoms with Crippen LogP contribution in [0, 0.1) is 5.92 Å². The molecule has 26 heavy (non-hydrogen) atoms. The molecule has 2 aliphatic heterocycles. The number of nitrogens with zero attached hydrogens (tertiary/aromatic N) is 3. The molecule has 0 amide bonds. The number of aliphatic imine (C=N–C) groups is 1. The fraction of sp³-hybridized carbons (Fsp3) is 0.737. The van der Waals surface area contributed by atoms with Crippen LogP contribution in [0.3, 0.4) is 0 Å². The van der Waals surface area contributed by atoms with Crippen LogP contribution < -0.4 is 15.5 Å². The number of rotatable bonds is 6. The van der Waals surface area contributed by atoms with Gasteiger partial charge in [0.15, 0.2) is 5.96 Å². The van der Waals surface area contributed by atoms with E-state index in [2.05, 4.69) is 49.9 Å². The third kappa shape index (κ3) is 5.86. The SMILES string of the molecule is CN=C(NCC(C)CN1CCOCC1)NC1CCN(c2cccs2)CC1. The van der Waals surface area contributed by atoms with Crippen LogP contribution in [0.4, 0.5) is 5.00 Å². The Bertz CT molecular complexity index is 536. The molecule has 3 rings (SSSR count). The lowest BCUT2D eigenvalue weighted by Crippen LogP contribution is -2.50. The molecule has 0 aliphatic carbocycles. The molecule has 0 saturated carbocycles. The van der Waals surface area contributed by atoms with Gasteiger partial charge >= 0.3 is 0 Å². The van der Waals surface area contributed by atoms with Gasteiger partial charge in [0.05, 0.1) is 18.2 Å². The van der Waals surface area contributed by atoms with Gasteiger partial charge in [0.1, 0.15) is 0 Å². The number of morpholine rings is 1. The average molecular weight is 380 g/mol.